The number of hydrogen-bond acceptors (Lipinski definition) is 3. The Morgan fingerprint density at radius 2 is 1.04 bits per heavy atom. The van der Waals surface area contributed by atoms with E-state index >= 15 is 0 Å². The Balaban J connectivity index is 2.97. The second-order valence-corrected chi connectivity index (χ2v) is 6.96. The van der Waals surface area contributed by atoms with Gasteiger partial charge in [-0.1, -0.05) is 90.4 Å². The van der Waals surface area contributed by atoms with Gasteiger partial charge in [-0.15, -0.1) is 0 Å². The second kappa shape index (κ2) is 20.8. The Bertz CT molecular complexity index is 259. The summed E-state index contributed by atoms with van der Waals surface area (Å²) in [5.74, 6) is 0. The van der Waals surface area contributed by atoms with Crippen molar-refractivity contribution >= 4 is 17.0 Å². The summed E-state index contributed by atoms with van der Waals surface area (Å²) in [6.45, 7) is 4.08. The summed E-state index contributed by atoms with van der Waals surface area (Å²) in [7, 11) is 0. The summed E-state index contributed by atoms with van der Waals surface area (Å²) in [5, 5.41) is 0. The van der Waals surface area contributed by atoms with Crippen LogP contribution in [0.1, 0.15) is 103 Å². The Labute approximate surface area is 154 Å². The van der Waals surface area contributed by atoms with Gasteiger partial charge in [0.05, 0.1) is 6.61 Å². The zero-order valence-electron chi connectivity index (χ0n) is 15.8. The Kier molecular flexibility index (Phi) is 20.5. The lowest BCUT2D eigenvalue weighted by molar-refractivity contribution is 0.106. The fourth-order valence-corrected chi connectivity index (χ4v) is 2.89. The number of rotatable bonds is 19. The average molecular weight is 363 g/mol. The van der Waals surface area contributed by atoms with Crippen LogP contribution >= 0.6 is 11.6 Å². The molecule has 0 radical (unpaired) electrons. The summed E-state index contributed by atoms with van der Waals surface area (Å²) >= 11 is 5.06. The fraction of sp³-hybridized carbons (Fsp3) is 0.950. The maximum Gasteiger partial charge on any atom is 0.403 e. The van der Waals surface area contributed by atoms with Gasteiger partial charge in [0.25, 0.3) is 0 Å². The first-order valence-corrected chi connectivity index (χ1v) is 10.5. The number of carbonyl (C=O) groups excluding carboxylic acids is 1. The minimum absolute atomic E-state index is 0.348. The summed E-state index contributed by atoms with van der Waals surface area (Å²) in [5.41, 5.74) is -0.734. The molecule has 0 N–H and O–H groups in total. The lowest BCUT2D eigenvalue weighted by atomic mass is 10.0. The molecule has 0 aliphatic heterocycles. The predicted molar refractivity (Wildman–Crippen MR) is 103 cm³/mol. The van der Waals surface area contributed by atoms with Crippen molar-refractivity contribution in [3.63, 3.8) is 0 Å². The van der Waals surface area contributed by atoms with Crippen molar-refractivity contribution in [2.24, 2.45) is 0 Å². The summed E-state index contributed by atoms with van der Waals surface area (Å²) in [6.07, 6.45) is 19.9. The van der Waals surface area contributed by atoms with E-state index in [0.29, 0.717) is 13.2 Å². The first-order chi connectivity index (χ1) is 11.8. The molecule has 0 aromatic heterocycles. The van der Waals surface area contributed by atoms with Crippen LogP contribution in [0.2, 0.25) is 0 Å². The van der Waals surface area contributed by atoms with E-state index in [1.54, 1.807) is 0 Å². The molecule has 0 aliphatic rings. The van der Waals surface area contributed by atoms with Gasteiger partial charge in [-0.2, -0.15) is 0 Å². The third-order valence-electron chi connectivity index (χ3n) is 4.29. The monoisotopic (exact) mass is 362 g/mol. The molecule has 24 heavy (non-hydrogen) atoms. The molecular formula is C20H39ClO3. The maximum absolute atomic E-state index is 10.3. The van der Waals surface area contributed by atoms with Crippen LogP contribution in [0.3, 0.4) is 0 Å². The first kappa shape index (κ1) is 23.7. The topological polar surface area (TPSA) is 35.5 Å². The van der Waals surface area contributed by atoms with Gasteiger partial charge >= 0.3 is 5.43 Å². The minimum atomic E-state index is -0.734. The molecule has 0 saturated carbocycles. The molecule has 0 unspecified atom stereocenters. The summed E-state index contributed by atoms with van der Waals surface area (Å²) < 4.78 is 10.1. The zero-order valence-corrected chi connectivity index (χ0v) is 16.6. The van der Waals surface area contributed by atoms with Crippen molar-refractivity contribution in [3.8, 4) is 0 Å². The van der Waals surface area contributed by atoms with Gasteiger partial charge in [-0.25, -0.2) is 4.79 Å². The van der Waals surface area contributed by atoms with E-state index in [-0.39, 0.29) is 0 Å². The molecule has 0 saturated heterocycles. The van der Waals surface area contributed by atoms with Crippen LogP contribution in [0.15, 0.2) is 0 Å². The Morgan fingerprint density at radius 3 is 1.50 bits per heavy atom. The first-order valence-electron chi connectivity index (χ1n) is 10.2. The van der Waals surface area contributed by atoms with Gasteiger partial charge in [0, 0.05) is 31.2 Å². The van der Waals surface area contributed by atoms with Gasteiger partial charge in [0.15, 0.2) is 0 Å². The molecule has 0 heterocycles. The van der Waals surface area contributed by atoms with Crippen molar-refractivity contribution in [1.29, 1.82) is 0 Å². The van der Waals surface area contributed by atoms with Crippen LogP contribution in [0.25, 0.3) is 0 Å². The van der Waals surface area contributed by atoms with E-state index in [2.05, 4.69) is 11.7 Å². The molecule has 0 bridgehead atoms. The molecule has 0 aliphatic carbocycles. The van der Waals surface area contributed by atoms with E-state index in [1.807, 2.05) is 0 Å². The van der Waals surface area contributed by atoms with Gasteiger partial charge in [0.2, 0.25) is 0 Å². The average Bonchev–Trinajstić information content (AvgIpc) is 2.56. The third-order valence-corrected chi connectivity index (χ3v) is 4.40. The van der Waals surface area contributed by atoms with Crippen LogP contribution in [0, 0.1) is 0 Å². The zero-order chi connectivity index (χ0) is 17.7. The van der Waals surface area contributed by atoms with E-state index in [1.165, 1.54) is 83.5 Å². The minimum Gasteiger partial charge on any atom is -0.454 e. The molecule has 144 valence electrons. The quantitative estimate of drug-likeness (QED) is 0.179. The van der Waals surface area contributed by atoms with Crippen molar-refractivity contribution in [2.75, 3.05) is 19.8 Å². The molecule has 0 rings (SSSR count). The van der Waals surface area contributed by atoms with Crippen molar-refractivity contribution < 1.29 is 14.3 Å². The number of unbranched alkanes of at least 4 members (excludes halogenated alkanes) is 13. The van der Waals surface area contributed by atoms with E-state index in [0.717, 1.165) is 19.4 Å². The molecule has 3 nitrogen and oxygen atoms in total. The lowest BCUT2D eigenvalue weighted by Gasteiger charge is -2.05. The van der Waals surface area contributed by atoms with Crippen LogP contribution in [-0.4, -0.2) is 25.2 Å². The number of hydrogen-bond donors (Lipinski definition) is 0. The third kappa shape index (κ3) is 21.7. The normalized spacial score (nSPS) is 10.9. The van der Waals surface area contributed by atoms with Gasteiger partial charge in [-0.05, 0) is 6.42 Å². The van der Waals surface area contributed by atoms with Crippen LogP contribution in [0.4, 0.5) is 4.79 Å². The van der Waals surface area contributed by atoms with Gasteiger partial charge in [-0.3, -0.25) is 0 Å². The second-order valence-electron chi connectivity index (χ2n) is 6.65. The molecule has 4 heteroatoms. The molecule has 0 spiro atoms. The standard InChI is InChI=1S/C20H39ClO3/c1-2-3-4-5-6-7-8-9-10-11-12-13-14-15-17-23-18-16-19-24-20(21)22/h2-19H2,1H3. The van der Waals surface area contributed by atoms with Crippen LogP contribution in [0.5, 0.6) is 0 Å². The molecule has 0 fully saturated rings. The smallest absolute Gasteiger partial charge is 0.403 e. The van der Waals surface area contributed by atoms with Gasteiger partial charge in [0.1, 0.15) is 0 Å². The van der Waals surface area contributed by atoms with Crippen molar-refractivity contribution in [2.45, 2.75) is 103 Å². The maximum atomic E-state index is 10.3. The molecule has 0 aromatic rings. The number of ether oxygens (including phenoxy) is 2. The van der Waals surface area contributed by atoms with E-state index in [9.17, 15) is 4.79 Å². The highest BCUT2D eigenvalue weighted by Crippen LogP contribution is 2.12. The van der Waals surface area contributed by atoms with Crippen molar-refractivity contribution in [3.05, 3.63) is 0 Å². The summed E-state index contributed by atoms with van der Waals surface area (Å²) in [6, 6.07) is 0. The van der Waals surface area contributed by atoms with E-state index < -0.39 is 5.43 Å². The number of halogens is 1. The predicted octanol–water partition coefficient (Wildman–Crippen LogP) is 7.25. The highest BCUT2D eigenvalue weighted by atomic mass is 35.5. The Morgan fingerprint density at radius 1 is 0.625 bits per heavy atom. The largest absolute Gasteiger partial charge is 0.454 e. The lowest BCUT2D eigenvalue weighted by Crippen LogP contribution is -2.03. The Hall–Kier alpha value is -0.280. The van der Waals surface area contributed by atoms with E-state index in [4.69, 9.17) is 16.3 Å². The SMILES string of the molecule is CCCCCCCCCCCCCCCCOCCCOC(=O)Cl. The molecule has 0 amide bonds. The van der Waals surface area contributed by atoms with Gasteiger partial charge < -0.3 is 9.47 Å². The number of carbonyl (C=O) groups is 1. The molecule has 0 atom stereocenters. The van der Waals surface area contributed by atoms with Crippen molar-refractivity contribution in [1.82, 2.24) is 0 Å². The summed E-state index contributed by atoms with van der Waals surface area (Å²) in [4.78, 5) is 10.3. The van der Waals surface area contributed by atoms with Crippen LogP contribution in [-0.2, 0) is 9.47 Å². The molecule has 0 aromatic carbocycles. The molecular weight excluding hydrogens is 324 g/mol. The fourth-order valence-electron chi connectivity index (χ4n) is 2.81. The highest BCUT2D eigenvalue weighted by molar-refractivity contribution is 6.61. The van der Waals surface area contributed by atoms with Crippen LogP contribution < -0.4 is 0 Å². The highest BCUT2D eigenvalue weighted by Gasteiger charge is 1.96.